The van der Waals surface area contributed by atoms with E-state index in [-0.39, 0.29) is 0 Å². The molecule has 36 heavy (non-hydrogen) atoms. The van der Waals surface area contributed by atoms with E-state index in [2.05, 4.69) is 25.5 Å². The van der Waals surface area contributed by atoms with Crippen LogP contribution < -0.4 is 20.1 Å². The zero-order valence-electron chi connectivity index (χ0n) is 21.9. The van der Waals surface area contributed by atoms with E-state index in [9.17, 15) is 0 Å². The molecule has 1 aliphatic heterocycles. The molecule has 7 nitrogen and oxygen atoms in total. The highest BCUT2D eigenvalue weighted by Gasteiger charge is 2.35. The first-order valence-corrected chi connectivity index (χ1v) is 14.1. The van der Waals surface area contributed by atoms with Gasteiger partial charge in [-0.3, -0.25) is 0 Å². The van der Waals surface area contributed by atoms with Gasteiger partial charge in [0, 0.05) is 31.0 Å². The lowest BCUT2D eigenvalue weighted by atomic mass is 9.82. The monoisotopic (exact) mass is 493 g/mol. The number of rotatable bonds is 12. The maximum absolute atomic E-state index is 6.08. The molecule has 0 amide bonds. The van der Waals surface area contributed by atoms with Crippen molar-refractivity contribution in [3.8, 4) is 11.5 Å². The number of hydrogen-bond donors (Lipinski definition) is 2. The van der Waals surface area contributed by atoms with Gasteiger partial charge in [0.05, 0.1) is 13.7 Å². The van der Waals surface area contributed by atoms with E-state index in [0.29, 0.717) is 12.6 Å². The zero-order valence-corrected chi connectivity index (χ0v) is 21.9. The molecule has 2 heterocycles. The summed E-state index contributed by atoms with van der Waals surface area (Å²) in [5.41, 5.74) is 0.885. The zero-order chi connectivity index (χ0) is 24.6. The average molecular weight is 494 g/mol. The first-order valence-electron chi connectivity index (χ1n) is 14.1. The molecule has 3 aliphatic rings. The van der Waals surface area contributed by atoms with Crippen LogP contribution in [0.4, 0.5) is 17.5 Å². The SMILES string of the molecule is COc1ccc(Nc2nccc(NCCC3CC4CCCCC4C3)n2)cc1OCCCN1CCCC1. The van der Waals surface area contributed by atoms with E-state index < -0.39 is 0 Å². The quantitative estimate of drug-likeness (QED) is 0.346. The number of ether oxygens (including phenoxy) is 2. The summed E-state index contributed by atoms with van der Waals surface area (Å²) in [6.07, 6.45) is 15.4. The number of benzene rings is 1. The van der Waals surface area contributed by atoms with E-state index in [0.717, 1.165) is 60.3 Å². The minimum atomic E-state index is 0.581. The summed E-state index contributed by atoms with van der Waals surface area (Å²) in [5.74, 6) is 5.81. The first-order chi connectivity index (χ1) is 17.8. The van der Waals surface area contributed by atoms with Crippen LogP contribution in [0, 0.1) is 17.8 Å². The molecule has 2 N–H and O–H groups in total. The molecule has 7 heteroatoms. The van der Waals surface area contributed by atoms with Crippen molar-refractivity contribution >= 4 is 17.5 Å². The van der Waals surface area contributed by atoms with Crippen LogP contribution in [0.25, 0.3) is 0 Å². The van der Waals surface area contributed by atoms with Gasteiger partial charge >= 0.3 is 0 Å². The average Bonchev–Trinajstić information content (AvgIpc) is 3.57. The fraction of sp³-hybridized carbons (Fsp3) is 0.655. The van der Waals surface area contributed by atoms with Gasteiger partial charge in [0.25, 0.3) is 0 Å². The number of fused-ring (bicyclic) bond motifs is 1. The fourth-order valence-electron chi connectivity index (χ4n) is 6.49. The van der Waals surface area contributed by atoms with E-state index in [1.54, 1.807) is 13.3 Å². The third-order valence-corrected chi connectivity index (χ3v) is 8.35. The first kappa shape index (κ1) is 25.1. The third kappa shape index (κ3) is 6.81. The molecule has 0 bridgehead atoms. The lowest BCUT2D eigenvalue weighted by molar-refractivity contribution is 0.254. The Morgan fingerprint density at radius 3 is 2.58 bits per heavy atom. The second-order valence-electron chi connectivity index (χ2n) is 10.9. The van der Waals surface area contributed by atoms with E-state index in [4.69, 9.17) is 9.47 Å². The van der Waals surface area contributed by atoms with Crippen LogP contribution >= 0.6 is 0 Å². The molecule has 1 aromatic carbocycles. The smallest absolute Gasteiger partial charge is 0.229 e. The van der Waals surface area contributed by atoms with Gasteiger partial charge in [-0.25, -0.2) is 4.98 Å². The molecule has 2 aliphatic carbocycles. The Hall–Kier alpha value is -2.54. The van der Waals surface area contributed by atoms with E-state index in [1.165, 1.54) is 70.9 Å². The van der Waals surface area contributed by atoms with Gasteiger partial charge in [0.1, 0.15) is 5.82 Å². The van der Waals surface area contributed by atoms with E-state index in [1.807, 2.05) is 24.3 Å². The van der Waals surface area contributed by atoms with Gasteiger partial charge in [0.15, 0.2) is 11.5 Å². The van der Waals surface area contributed by atoms with Crippen LogP contribution in [0.1, 0.15) is 64.2 Å². The molecule has 2 unspecified atom stereocenters. The van der Waals surface area contributed by atoms with Crippen molar-refractivity contribution < 1.29 is 9.47 Å². The second kappa shape index (κ2) is 12.6. The molecule has 1 saturated heterocycles. The van der Waals surface area contributed by atoms with Crippen molar-refractivity contribution in [1.29, 1.82) is 0 Å². The molecular weight excluding hydrogens is 450 g/mol. The van der Waals surface area contributed by atoms with Crippen LogP contribution in [-0.2, 0) is 0 Å². The summed E-state index contributed by atoms with van der Waals surface area (Å²) in [7, 11) is 1.68. The van der Waals surface area contributed by atoms with Crippen LogP contribution in [-0.4, -0.2) is 54.8 Å². The number of nitrogens with one attached hydrogen (secondary N) is 2. The molecule has 2 saturated carbocycles. The number of methoxy groups -OCH3 is 1. The lowest BCUT2D eigenvalue weighted by Crippen LogP contribution is -2.21. The Labute approximate surface area is 216 Å². The summed E-state index contributed by atoms with van der Waals surface area (Å²) in [4.78, 5) is 11.6. The van der Waals surface area contributed by atoms with Crippen LogP contribution in [0.2, 0.25) is 0 Å². The summed E-state index contributed by atoms with van der Waals surface area (Å²) < 4.78 is 11.6. The summed E-state index contributed by atoms with van der Waals surface area (Å²) in [6.45, 7) is 5.18. The highest BCUT2D eigenvalue weighted by Crippen LogP contribution is 2.46. The molecule has 3 fully saturated rings. The second-order valence-corrected chi connectivity index (χ2v) is 10.9. The van der Waals surface area contributed by atoms with Crippen molar-refractivity contribution in [3.63, 3.8) is 0 Å². The van der Waals surface area contributed by atoms with Crippen LogP contribution in [0.15, 0.2) is 30.5 Å². The predicted octanol–water partition coefficient (Wildman–Crippen LogP) is 6.11. The highest BCUT2D eigenvalue weighted by molar-refractivity contribution is 5.60. The van der Waals surface area contributed by atoms with Gasteiger partial charge in [-0.05, 0) is 87.6 Å². The predicted molar refractivity (Wildman–Crippen MR) is 145 cm³/mol. The van der Waals surface area contributed by atoms with Crippen LogP contribution in [0.5, 0.6) is 11.5 Å². The maximum atomic E-state index is 6.08. The molecule has 0 spiro atoms. The molecule has 1 aromatic heterocycles. The molecule has 2 aromatic rings. The van der Waals surface area contributed by atoms with Gasteiger partial charge in [-0.2, -0.15) is 4.98 Å². The van der Waals surface area contributed by atoms with Gasteiger partial charge in [-0.1, -0.05) is 25.7 Å². The summed E-state index contributed by atoms with van der Waals surface area (Å²) >= 11 is 0. The molecular formula is C29H43N5O2. The standard InChI is InChI=1S/C29H43N5O2/c1-35-26-10-9-25(21-27(26)36-18-6-17-34-15-4-5-16-34)32-29-31-14-12-28(33-29)30-13-11-22-19-23-7-2-3-8-24(23)20-22/h9-10,12,14,21-24H,2-8,11,13,15-20H2,1H3,(H2,30,31,32,33). The molecule has 5 rings (SSSR count). The van der Waals surface area contributed by atoms with Crippen molar-refractivity contribution in [3.05, 3.63) is 30.5 Å². The number of hydrogen-bond acceptors (Lipinski definition) is 7. The Balaban J connectivity index is 1.10. The number of anilines is 3. The largest absolute Gasteiger partial charge is 0.493 e. The maximum Gasteiger partial charge on any atom is 0.229 e. The Kier molecular flexibility index (Phi) is 8.81. The lowest BCUT2D eigenvalue weighted by Gasteiger charge is -2.24. The summed E-state index contributed by atoms with van der Waals surface area (Å²) in [6, 6.07) is 7.82. The third-order valence-electron chi connectivity index (χ3n) is 8.35. The normalized spacial score (nSPS) is 23.9. The molecule has 196 valence electrons. The Bertz CT molecular complexity index is 950. The van der Waals surface area contributed by atoms with Gasteiger partial charge in [-0.15, -0.1) is 0 Å². The van der Waals surface area contributed by atoms with Crippen molar-refractivity contribution in [2.24, 2.45) is 17.8 Å². The summed E-state index contributed by atoms with van der Waals surface area (Å²) in [5, 5.41) is 6.86. The van der Waals surface area contributed by atoms with E-state index >= 15 is 0 Å². The minimum Gasteiger partial charge on any atom is -0.493 e. The van der Waals surface area contributed by atoms with Gasteiger partial charge < -0.3 is 25.0 Å². The number of aromatic nitrogens is 2. The van der Waals surface area contributed by atoms with Crippen molar-refractivity contribution in [1.82, 2.24) is 14.9 Å². The Morgan fingerprint density at radius 2 is 1.81 bits per heavy atom. The number of nitrogens with zero attached hydrogens (tertiary/aromatic N) is 3. The fourth-order valence-corrected chi connectivity index (χ4v) is 6.49. The number of likely N-dealkylation sites (tertiary alicyclic amines) is 1. The van der Waals surface area contributed by atoms with Crippen molar-refractivity contribution in [2.75, 3.05) is 50.5 Å². The highest BCUT2D eigenvalue weighted by atomic mass is 16.5. The Morgan fingerprint density at radius 1 is 1.00 bits per heavy atom. The minimum absolute atomic E-state index is 0.581. The molecule has 2 atom stereocenters. The molecule has 0 radical (unpaired) electrons. The van der Waals surface area contributed by atoms with Gasteiger partial charge in [0.2, 0.25) is 5.95 Å². The topological polar surface area (TPSA) is 71.5 Å². The van der Waals surface area contributed by atoms with Crippen LogP contribution in [0.3, 0.4) is 0 Å². The van der Waals surface area contributed by atoms with Crippen molar-refractivity contribution in [2.45, 2.75) is 64.2 Å².